The summed E-state index contributed by atoms with van der Waals surface area (Å²) < 4.78 is 0. The SMILES string of the molecule is CN(CC(=O)Nc1ccccc1)OCc1ccccc1. The van der Waals surface area contributed by atoms with Crippen molar-refractivity contribution in [1.29, 1.82) is 0 Å². The Bertz CT molecular complexity index is 529. The van der Waals surface area contributed by atoms with Gasteiger partial charge in [-0.25, -0.2) is 0 Å². The highest BCUT2D eigenvalue weighted by Gasteiger charge is 2.07. The molecule has 2 aromatic carbocycles. The summed E-state index contributed by atoms with van der Waals surface area (Å²) in [7, 11) is 1.74. The monoisotopic (exact) mass is 270 g/mol. The lowest BCUT2D eigenvalue weighted by Crippen LogP contribution is -2.30. The number of benzene rings is 2. The molecular weight excluding hydrogens is 252 g/mol. The van der Waals surface area contributed by atoms with Crippen LogP contribution in [0.5, 0.6) is 0 Å². The third kappa shape index (κ3) is 4.84. The maximum atomic E-state index is 11.8. The van der Waals surface area contributed by atoms with E-state index in [0.29, 0.717) is 6.61 Å². The van der Waals surface area contributed by atoms with Gasteiger partial charge < -0.3 is 5.32 Å². The summed E-state index contributed by atoms with van der Waals surface area (Å²) in [6, 6.07) is 19.2. The van der Waals surface area contributed by atoms with Crippen LogP contribution >= 0.6 is 0 Å². The van der Waals surface area contributed by atoms with Crippen molar-refractivity contribution in [3.8, 4) is 0 Å². The third-order valence-electron chi connectivity index (χ3n) is 2.72. The molecule has 0 aliphatic heterocycles. The van der Waals surface area contributed by atoms with Gasteiger partial charge in [0.2, 0.25) is 5.91 Å². The van der Waals surface area contributed by atoms with Gasteiger partial charge in [-0.1, -0.05) is 48.5 Å². The number of nitrogens with one attached hydrogen (secondary N) is 1. The largest absolute Gasteiger partial charge is 0.325 e. The Morgan fingerprint density at radius 2 is 1.65 bits per heavy atom. The van der Waals surface area contributed by atoms with Crippen LogP contribution < -0.4 is 5.32 Å². The summed E-state index contributed by atoms with van der Waals surface area (Å²) in [4.78, 5) is 17.3. The highest BCUT2D eigenvalue weighted by atomic mass is 16.7. The molecule has 1 amide bonds. The Morgan fingerprint density at radius 3 is 2.30 bits per heavy atom. The number of carbonyl (C=O) groups excluding carboxylic acids is 1. The molecule has 0 atom stereocenters. The first kappa shape index (κ1) is 14.2. The molecule has 0 saturated carbocycles. The van der Waals surface area contributed by atoms with E-state index in [2.05, 4.69) is 5.32 Å². The lowest BCUT2D eigenvalue weighted by Gasteiger charge is -2.16. The van der Waals surface area contributed by atoms with Gasteiger partial charge in [-0.2, -0.15) is 5.06 Å². The van der Waals surface area contributed by atoms with Gasteiger partial charge in [0.05, 0.1) is 6.61 Å². The molecule has 0 spiro atoms. The second-order valence-corrected chi connectivity index (χ2v) is 4.46. The Hall–Kier alpha value is -2.17. The average molecular weight is 270 g/mol. The van der Waals surface area contributed by atoms with Crippen LogP contribution in [0.3, 0.4) is 0 Å². The Labute approximate surface area is 118 Å². The number of carbonyl (C=O) groups is 1. The summed E-state index contributed by atoms with van der Waals surface area (Å²) in [5, 5.41) is 4.34. The van der Waals surface area contributed by atoms with E-state index in [1.165, 1.54) is 5.06 Å². The number of hydrogen-bond acceptors (Lipinski definition) is 3. The Kier molecular flexibility index (Phi) is 5.29. The van der Waals surface area contributed by atoms with Gasteiger partial charge in [0.1, 0.15) is 6.54 Å². The van der Waals surface area contributed by atoms with Crippen LogP contribution in [0.2, 0.25) is 0 Å². The number of hydrogen-bond donors (Lipinski definition) is 1. The van der Waals surface area contributed by atoms with E-state index < -0.39 is 0 Å². The zero-order chi connectivity index (χ0) is 14.2. The first-order valence-electron chi connectivity index (χ1n) is 6.47. The van der Waals surface area contributed by atoms with Gasteiger partial charge in [0.15, 0.2) is 0 Å². The van der Waals surface area contributed by atoms with Gasteiger partial charge >= 0.3 is 0 Å². The van der Waals surface area contributed by atoms with Crippen LogP contribution in [-0.2, 0) is 16.2 Å². The van der Waals surface area contributed by atoms with Crippen LogP contribution in [0.15, 0.2) is 60.7 Å². The van der Waals surface area contributed by atoms with Crippen LogP contribution in [0.25, 0.3) is 0 Å². The first-order valence-corrected chi connectivity index (χ1v) is 6.47. The predicted octanol–water partition coefficient (Wildman–Crippen LogP) is 2.69. The highest BCUT2D eigenvalue weighted by molar-refractivity contribution is 5.92. The van der Waals surface area contributed by atoms with Gasteiger partial charge in [0.25, 0.3) is 0 Å². The topological polar surface area (TPSA) is 41.6 Å². The summed E-state index contributed by atoms with van der Waals surface area (Å²) in [6.07, 6.45) is 0. The number of para-hydroxylation sites is 1. The Morgan fingerprint density at radius 1 is 1.05 bits per heavy atom. The van der Waals surface area contributed by atoms with E-state index in [-0.39, 0.29) is 12.5 Å². The zero-order valence-corrected chi connectivity index (χ0v) is 11.5. The van der Waals surface area contributed by atoms with E-state index in [4.69, 9.17) is 4.84 Å². The fourth-order valence-corrected chi connectivity index (χ4v) is 1.73. The molecule has 104 valence electrons. The van der Waals surface area contributed by atoms with Crippen molar-refractivity contribution in [1.82, 2.24) is 5.06 Å². The zero-order valence-electron chi connectivity index (χ0n) is 11.5. The molecule has 4 heteroatoms. The van der Waals surface area contributed by atoms with Gasteiger partial charge in [-0.15, -0.1) is 0 Å². The number of nitrogens with zero attached hydrogens (tertiary/aromatic N) is 1. The summed E-state index contributed by atoms with van der Waals surface area (Å²) >= 11 is 0. The second kappa shape index (κ2) is 7.43. The third-order valence-corrected chi connectivity index (χ3v) is 2.72. The molecule has 0 heterocycles. The minimum Gasteiger partial charge on any atom is -0.325 e. The predicted molar refractivity (Wildman–Crippen MR) is 78.9 cm³/mol. The molecule has 0 aliphatic rings. The summed E-state index contributed by atoms with van der Waals surface area (Å²) in [6.45, 7) is 0.637. The molecule has 0 bridgehead atoms. The van der Waals surface area contributed by atoms with E-state index in [9.17, 15) is 4.79 Å². The molecule has 0 saturated heterocycles. The van der Waals surface area contributed by atoms with E-state index in [1.807, 2.05) is 60.7 Å². The fourth-order valence-electron chi connectivity index (χ4n) is 1.73. The van der Waals surface area contributed by atoms with Gasteiger partial charge in [0, 0.05) is 12.7 Å². The lowest BCUT2D eigenvalue weighted by molar-refractivity contribution is -0.158. The molecule has 4 nitrogen and oxygen atoms in total. The molecular formula is C16H18N2O2. The molecule has 20 heavy (non-hydrogen) atoms. The van der Waals surface area contributed by atoms with Crippen LogP contribution in [0.1, 0.15) is 5.56 Å². The minimum absolute atomic E-state index is 0.105. The smallest absolute Gasteiger partial charge is 0.240 e. The van der Waals surface area contributed by atoms with Crippen molar-refractivity contribution in [3.63, 3.8) is 0 Å². The molecule has 0 aliphatic carbocycles. The number of likely N-dealkylation sites (N-methyl/N-ethyl adjacent to an activating group) is 1. The van der Waals surface area contributed by atoms with Crippen molar-refractivity contribution in [2.75, 3.05) is 18.9 Å². The molecule has 2 aromatic rings. The molecule has 1 N–H and O–H groups in total. The molecule has 0 aromatic heterocycles. The van der Waals surface area contributed by atoms with Crippen molar-refractivity contribution < 1.29 is 9.63 Å². The number of amides is 1. The highest BCUT2D eigenvalue weighted by Crippen LogP contribution is 2.05. The van der Waals surface area contributed by atoms with Crippen molar-refractivity contribution in [3.05, 3.63) is 66.2 Å². The van der Waals surface area contributed by atoms with Crippen LogP contribution in [0.4, 0.5) is 5.69 Å². The Balaban J connectivity index is 1.74. The van der Waals surface area contributed by atoms with E-state index >= 15 is 0 Å². The maximum absolute atomic E-state index is 11.8. The summed E-state index contributed by atoms with van der Waals surface area (Å²) in [5.41, 5.74) is 1.86. The molecule has 0 fully saturated rings. The fraction of sp³-hybridized carbons (Fsp3) is 0.188. The standard InChI is InChI=1S/C16H18N2O2/c1-18(20-13-14-8-4-2-5-9-14)12-16(19)17-15-10-6-3-7-11-15/h2-11H,12-13H2,1H3,(H,17,19). The molecule has 2 rings (SSSR count). The van der Waals surface area contributed by atoms with Gasteiger partial charge in [-0.3, -0.25) is 9.63 Å². The van der Waals surface area contributed by atoms with E-state index in [0.717, 1.165) is 11.3 Å². The lowest BCUT2D eigenvalue weighted by atomic mass is 10.2. The van der Waals surface area contributed by atoms with Crippen LogP contribution in [-0.4, -0.2) is 24.6 Å². The van der Waals surface area contributed by atoms with Crippen LogP contribution in [0, 0.1) is 0 Å². The second-order valence-electron chi connectivity index (χ2n) is 4.46. The summed E-state index contributed by atoms with van der Waals surface area (Å²) in [5.74, 6) is -0.105. The maximum Gasteiger partial charge on any atom is 0.240 e. The quantitative estimate of drug-likeness (QED) is 0.821. The minimum atomic E-state index is -0.105. The first-order chi connectivity index (χ1) is 9.74. The normalized spacial score (nSPS) is 10.5. The number of hydroxylamine groups is 2. The van der Waals surface area contributed by atoms with Gasteiger partial charge in [-0.05, 0) is 17.7 Å². The van der Waals surface area contributed by atoms with E-state index in [1.54, 1.807) is 7.05 Å². The van der Waals surface area contributed by atoms with Crippen molar-refractivity contribution in [2.45, 2.75) is 6.61 Å². The average Bonchev–Trinajstić information content (AvgIpc) is 2.47. The van der Waals surface area contributed by atoms with Crippen molar-refractivity contribution >= 4 is 11.6 Å². The number of rotatable bonds is 6. The molecule has 0 radical (unpaired) electrons. The molecule has 0 unspecified atom stereocenters. The van der Waals surface area contributed by atoms with Crippen molar-refractivity contribution in [2.24, 2.45) is 0 Å². The number of anilines is 1.